The fourth-order valence-corrected chi connectivity index (χ4v) is 2.55. The minimum Gasteiger partial charge on any atom is -0.311 e. The quantitative estimate of drug-likeness (QED) is 0.769. The predicted molar refractivity (Wildman–Crippen MR) is 55.5 cm³/mol. The zero-order chi connectivity index (χ0) is 9.54. The number of fused-ring (bicyclic) bond motifs is 1. The zero-order valence-electron chi connectivity index (χ0n) is 8.09. The third-order valence-electron chi connectivity index (χ3n) is 3.33. The smallest absolute Gasteiger partial charge is 0.154 e. The van der Waals surface area contributed by atoms with E-state index in [0.29, 0.717) is 6.04 Å². The van der Waals surface area contributed by atoms with Gasteiger partial charge in [-0.1, -0.05) is 11.6 Å². The van der Waals surface area contributed by atoms with Crippen LogP contribution in [0.4, 0.5) is 0 Å². The summed E-state index contributed by atoms with van der Waals surface area (Å²) < 4.78 is 2.16. The molecule has 4 heteroatoms. The number of halogens is 1. The van der Waals surface area contributed by atoms with Crippen molar-refractivity contribution < 1.29 is 0 Å². The molecule has 0 aromatic carbocycles. The fourth-order valence-electron chi connectivity index (χ4n) is 2.26. The maximum atomic E-state index is 6.13. The number of nitrogens with one attached hydrogen (secondary N) is 1. The standard InChI is InChI=1S/C10H14ClN3/c11-10-8-4-5-12-6-9(8)14(13-10)7-2-1-3-7/h7,12H,1-6H2. The highest BCUT2D eigenvalue weighted by molar-refractivity contribution is 6.30. The van der Waals surface area contributed by atoms with Gasteiger partial charge in [0.2, 0.25) is 0 Å². The molecule has 1 fully saturated rings. The molecule has 0 radical (unpaired) electrons. The molecule has 0 unspecified atom stereocenters. The van der Waals surface area contributed by atoms with Crippen LogP contribution in [0.15, 0.2) is 0 Å². The molecule has 1 N–H and O–H groups in total. The van der Waals surface area contributed by atoms with Crippen molar-refractivity contribution >= 4 is 11.6 Å². The van der Waals surface area contributed by atoms with Gasteiger partial charge in [-0.15, -0.1) is 0 Å². The monoisotopic (exact) mass is 211 g/mol. The zero-order valence-corrected chi connectivity index (χ0v) is 8.85. The van der Waals surface area contributed by atoms with E-state index in [2.05, 4.69) is 15.1 Å². The third kappa shape index (κ3) is 1.19. The predicted octanol–water partition coefficient (Wildman–Crippen LogP) is 1.91. The first-order chi connectivity index (χ1) is 6.86. The molecular weight excluding hydrogens is 198 g/mol. The molecule has 3 nitrogen and oxygen atoms in total. The van der Waals surface area contributed by atoms with Gasteiger partial charge in [0, 0.05) is 12.1 Å². The first-order valence-corrected chi connectivity index (χ1v) is 5.70. The molecule has 1 saturated carbocycles. The van der Waals surface area contributed by atoms with Gasteiger partial charge in [0.25, 0.3) is 0 Å². The number of rotatable bonds is 1. The van der Waals surface area contributed by atoms with Crippen LogP contribution >= 0.6 is 11.6 Å². The molecule has 3 rings (SSSR count). The maximum absolute atomic E-state index is 6.13. The molecule has 2 heterocycles. The Morgan fingerprint density at radius 2 is 2.29 bits per heavy atom. The molecule has 1 aliphatic heterocycles. The van der Waals surface area contributed by atoms with Gasteiger partial charge in [-0.05, 0) is 32.2 Å². The molecule has 1 aliphatic carbocycles. The maximum Gasteiger partial charge on any atom is 0.154 e. The molecule has 0 saturated heterocycles. The average molecular weight is 212 g/mol. The Balaban J connectivity index is 2.02. The van der Waals surface area contributed by atoms with E-state index in [1.165, 1.54) is 30.5 Å². The second-order valence-corrected chi connectivity index (χ2v) is 4.53. The van der Waals surface area contributed by atoms with Gasteiger partial charge in [-0.3, -0.25) is 4.68 Å². The first-order valence-electron chi connectivity index (χ1n) is 5.33. The normalized spacial score (nSPS) is 21.8. The second kappa shape index (κ2) is 3.24. The van der Waals surface area contributed by atoms with E-state index in [1.807, 2.05) is 0 Å². The number of hydrogen-bond donors (Lipinski definition) is 1. The van der Waals surface area contributed by atoms with Gasteiger partial charge >= 0.3 is 0 Å². The van der Waals surface area contributed by atoms with Crippen molar-refractivity contribution in [3.05, 3.63) is 16.4 Å². The summed E-state index contributed by atoms with van der Waals surface area (Å²) in [6, 6.07) is 0.621. The Morgan fingerprint density at radius 1 is 1.43 bits per heavy atom. The van der Waals surface area contributed by atoms with Gasteiger partial charge < -0.3 is 5.32 Å². The van der Waals surface area contributed by atoms with Crippen molar-refractivity contribution in [2.75, 3.05) is 6.54 Å². The minimum atomic E-state index is 0.621. The Bertz CT molecular complexity index is 354. The number of hydrogen-bond acceptors (Lipinski definition) is 2. The lowest BCUT2D eigenvalue weighted by Crippen LogP contribution is -2.28. The lowest BCUT2D eigenvalue weighted by molar-refractivity contribution is 0.279. The molecule has 0 amide bonds. The van der Waals surface area contributed by atoms with Crippen LogP contribution < -0.4 is 5.32 Å². The van der Waals surface area contributed by atoms with E-state index in [4.69, 9.17) is 11.6 Å². The average Bonchev–Trinajstić information content (AvgIpc) is 2.43. The molecule has 0 bridgehead atoms. The Kier molecular flexibility index (Phi) is 2.03. The molecule has 0 spiro atoms. The van der Waals surface area contributed by atoms with Gasteiger partial charge in [0.1, 0.15) is 0 Å². The highest BCUT2D eigenvalue weighted by Gasteiger charge is 2.27. The molecular formula is C10H14ClN3. The van der Waals surface area contributed by atoms with E-state index >= 15 is 0 Å². The highest BCUT2D eigenvalue weighted by atomic mass is 35.5. The third-order valence-corrected chi connectivity index (χ3v) is 3.64. The van der Waals surface area contributed by atoms with E-state index in [9.17, 15) is 0 Å². The molecule has 14 heavy (non-hydrogen) atoms. The fraction of sp³-hybridized carbons (Fsp3) is 0.700. The second-order valence-electron chi connectivity index (χ2n) is 4.17. The van der Waals surface area contributed by atoms with Crippen LogP contribution in [-0.4, -0.2) is 16.3 Å². The SMILES string of the molecule is Clc1nn(C2CCC2)c2c1CCNC2. The summed E-state index contributed by atoms with van der Waals surface area (Å²) in [6.45, 7) is 1.97. The lowest BCUT2D eigenvalue weighted by atomic mass is 9.93. The number of aromatic nitrogens is 2. The van der Waals surface area contributed by atoms with E-state index in [1.54, 1.807) is 0 Å². The van der Waals surface area contributed by atoms with E-state index in [-0.39, 0.29) is 0 Å². The van der Waals surface area contributed by atoms with Gasteiger partial charge in [-0.2, -0.15) is 5.10 Å². The summed E-state index contributed by atoms with van der Waals surface area (Å²) >= 11 is 6.13. The van der Waals surface area contributed by atoms with Crippen LogP contribution in [-0.2, 0) is 13.0 Å². The van der Waals surface area contributed by atoms with Crippen molar-refractivity contribution in [1.29, 1.82) is 0 Å². The van der Waals surface area contributed by atoms with Gasteiger partial charge in [0.15, 0.2) is 5.15 Å². The van der Waals surface area contributed by atoms with Crippen LogP contribution in [0.5, 0.6) is 0 Å². The van der Waals surface area contributed by atoms with Crippen LogP contribution in [0.3, 0.4) is 0 Å². The summed E-state index contributed by atoms with van der Waals surface area (Å²) in [5.74, 6) is 0. The van der Waals surface area contributed by atoms with Crippen LogP contribution in [0.2, 0.25) is 5.15 Å². The van der Waals surface area contributed by atoms with Crippen LogP contribution in [0.1, 0.15) is 36.6 Å². The van der Waals surface area contributed by atoms with Crippen molar-refractivity contribution in [2.45, 2.75) is 38.3 Å². The largest absolute Gasteiger partial charge is 0.311 e. The van der Waals surface area contributed by atoms with Crippen molar-refractivity contribution in [2.24, 2.45) is 0 Å². The van der Waals surface area contributed by atoms with Crippen LogP contribution in [0.25, 0.3) is 0 Å². The summed E-state index contributed by atoms with van der Waals surface area (Å²) in [5.41, 5.74) is 2.60. The lowest BCUT2D eigenvalue weighted by Gasteiger charge is -2.28. The highest BCUT2D eigenvalue weighted by Crippen LogP contribution is 2.35. The summed E-state index contributed by atoms with van der Waals surface area (Å²) in [4.78, 5) is 0. The summed E-state index contributed by atoms with van der Waals surface area (Å²) in [7, 11) is 0. The van der Waals surface area contributed by atoms with Gasteiger partial charge in [-0.25, -0.2) is 0 Å². The Morgan fingerprint density at radius 3 is 3.00 bits per heavy atom. The Hall–Kier alpha value is -0.540. The molecule has 76 valence electrons. The summed E-state index contributed by atoms with van der Waals surface area (Å²) in [5, 5.41) is 8.56. The number of nitrogens with zero attached hydrogens (tertiary/aromatic N) is 2. The van der Waals surface area contributed by atoms with E-state index in [0.717, 1.165) is 24.7 Å². The van der Waals surface area contributed by atoms with Crippen LogP contribution in [0, 0.1) is 0 Å². The summed E-state index contributed by atoms with van der Waals surface area (Å²) in [6.07, 6.45) is 4.90. The first kappa shape index (κ1) is 8.74. The van der Waals surface area contributed by atoms with Crippen molar-refractivity contribution in [3.63, 3.8) is 0 Å². The molecule has 1 aromatic rings. The van der Waals surface area contributed by atoms with Crippen molar-refractivity contribution in [3.8, 4) is 0 Å². The topological polar surface area (TPSA) is 29.9 Å². The molecule has 1 aromatic heterocycles. The minimum absolute atomic E-state index is 0.621. The molecule has 2 aliphatic rings. The Labute approximate surface area is 88.4 Å². The van der Waals surface area contributed by atoms with Gasteiger partial charge in [0.05, 0.1) is 11.7 Å². The van der Waals surface area contributed by atoms with E-state index < -0.39 is 0 Å². The molecule has 0 atom stereocenters. The van der Waals surface area contributed by atoms with Crippen molar-refractivity contribution in [1.82, 2.24) is 15.1 Å².